The van der Waals surface area contributed by atoms with E-state index in [1.165, 1.54) is 5.56 Å². The zero-order chi connectivity index (χ0) is 20.4. The van der Waals surface area contributed by atoms with Gasteiger partial charge in [0.2, 0.25) is 0 Å². The summed E-state index contributed by atoms with van der Waals surface area (Å²) >= 11 is 0. The first-order valence-electron chi connectivity index (χ1n) is 9.93. The number of benzene rings is 1. The van der Waals surface area contributed by atoms with Gasteiger partial charge in [0.15, 0.2) is 0 Å². The molecule has 152 valence electrons. The molecule has 5 heteroatoms. The zero-order valence-electron chi connectivity index (χ0n) is 17.5. The zero-order valence-corrected chi connectivity index (χ0v) is 17.5. The Morgan fingerprint density at radius 1 is 0.926 bits per heavy atom. The molecule has 0 fully saturated rings. The van der Waals surface area contributed by atoms with E-state index in [1.807, 2.05) is 45.0 Å². The van der Waals surface area contributed by atoms with Gasteiger partial charge in [0.1, 0.15) is 12.2 Å². The Hall–Kier alpha value is -2.04. The molecule has 1 rings (SSSR count). The number of carbonyl (C=O) groups is 2. The van der Waals surface area contributed by atoms with E-state index >= 15 is 0 Å². The standard InChI is InChI=1S/C22H34O5/c1-7-9-10-18-11-13-19(14-12-18)21(23)26-16(5)20(15(3)4)17(6)27-22(24)25-8-2/h11-17,20H,7-10H2,1-6H3. The van der Waals surface area contributed by atoms with Crippen molar-refractivity contribution in [2.45, 2.75) is 73.0 Å². The minimum atomic E-state index is -0.697. The maximum Gasteiger partial charge on any atom is 0.508 e. The lowest BCUT2D eigenvalue weighted by Crippen LogP contribution is -2.38. The number of rotatable bonds is 10. The Morgan fingerprint density at radius 3 is 2.04 bits per heavy atom. The van der Waals surface area contributed by atoms with E-state index in [0.29, 0.717) is 5.56 Å². The molecule has 0 spiro atoms. The summed E-state index contributed by atoms with van der Waals surface area (Å²) in [4.78, 5) is 24.1. The number of carbonyl (C=O) groups excluding carboxylic acids is 2. The van der Waals surface area contributed by atoms with Gasteiger partial charge in [0.25, 0.3) is 0 Å². The number of esters is 1. The Labute approximate surface area is 163 Å². The molecule has 0 heterocycles. The highest BCUT2D eigenvalue weighted by atomic mass is 16.7. The summed E-state index contributed by atoms with van der Waals surface area (Å²) in [6.45, 7) is 11.8. The second-order valence-electron chi connectivity index (χ2n) is 7.24. The third-order valence-electron chi connectivity index (χ3n) is 4.70. The quantitative estimate of drug-likeness (QED) is 0.510. The van der Waals surface area contributed by atoms with Crippen molar-refractivity contribution in [2.75, 3.05) is 6.61 Å². The van der Waals surface area contributed by atoms with Crippen molar-refractivity contribution < 1.29 is 23.8 Å². The summed E-state index contributed by atoms with van der Waals surface area (Å²) in [5.41, 5.74) is 1.75. The molecule has 0 saturated heterocycles. The van der Waals surface area contributed by atoms with Crippen molar-refractivity contribution in [3.8, 4) is 0 Å². The van der Waals surface area contributed by atoms with Crippen molar-refractivity contribution in [2.24, 2.45) is 11.8 Å². The van der Waals surface area contributed by atoms with Crippen molar-refractivity contribution in [1.29, 1.82) is 0 Å². The van der Waals surface area contributed by atoms with Gasteiger partial charge in [-0.15, -0.1) is 0 Å². The smallest absolute Gasteiger partial charge is 0.459 e. The van der Waals surface area contributed by atoms with Gasteiger partial charge in [-0.1, -0.05) is 39.3 Å². The monoisotopic (exact) mass is 378 g/mol. The minimum Gasteiger partial charge on any atom is -0.459 e. The van der Waals surface area contributed by atoms with Crippen LogP contribution in [0, 0.1) is 11.8 Å². The molecular weight excluding hydrogens is 344 g/mol. The van der Waals surface area contributed by atoms with E-state index in [2.05, 4.69) is 6.92 Å². The van der Waals surface area contributed by atoms with Crippen LogP contribution in [0.15, 0.2) is 24.3 Å². The number of aryl methyl sites for hydroxylation is 1. The average molecular weight is 379 g/mol. The van der Waals surface area contributed by atoms with Crippen LogP contribution < -0.4 is 0 Å². The fourth-order valence-electron chi connectivity index (χ4n) is 3.35. The topological polar surface area (TPSA) is 61.8 Å². The van der Waals surface area contributed by atoms with Crippen LogP contribution in [0.4, 0.5) is 4.79 Å². The predicted molar refractivity (Wildman–Crippen MR) is 106 cm³/mol. The van der Waals surface area contributed by atoms with E-state index in [9.17, 15) is 9.59 Å². The van der Waals surface area contributed by atoms with Crippen LogP contribution in [0.3, 0.4) is 0 Å². The Morgan fingerprint density at radius 2 is 1.52 bits per heavy atom. The van der Waals surface area contributed by atoms with Crippen molar-refractivity contribution in [3.63, 3.8) is 0 Å². The van der Waals surface area contributed by atoms with Crippen LogP contribution in [0.2, 0.25) is 0 Å². The Bertz CT molecular complexity index is 579. The molecule has 0 amide bonds. The molecule has 0 N–H and O–H groups in total. The van der Waals surface area contributed by atoms with E-state index in [-0.39, 0.29) is 24.4 Å². The second kappa shape index (κ2) is 11.6. The molecule has 3 atom stereocenters. The fraction of sp³-hybridized carbons (Fsp3) is 0.636. The third kappa shape index (κ3) is 7.61. The van der Waals surface area contributed by atoms with Crippen LogP contribution in [0.1, 0.15) is 70.3 Å². The van der Waals surface area contributed by atoms with Crippen LogP contribution in [-0.4, -0.2) is 30.9 Å². The first-order valence-corrected chi connectivity index (χ1v) is 9.93. The third-order valence-corrected chi connectivity index (χ3v) is 4.70. The van der Waals surface area contributed by atoms with Gasteiger partial charge in [-0.2, -0.15) is 0 Å². The molecule has 0 aromatic heterocycles. The lowest BCUT2D eigenvalue weighted by Gasteiger charge is -2.31. The van der Waals surface area contributed by atoms with Gasteiger partial charge >= 0.3 is 12.1 Å². The largest absolute Gasteiger partial charge is 0.508 e. The second-order valence-corrected chi connectivity index (χ2v) is 7.24. The van der Waals surface area contributed by atoms with E-state index in [4.69, 9.17) is 14.2 Å². The first kappa shape index (κ1) is 23.0. The molecule has 0 aliphatic rings. The van der Waals surface area contributed by atoms with E-state index < -0.39 is 18.4 Å². The predicted octanol–water partition coefficient (Wildman–Crippen LogP) is 5.41. The molecule has 27 heavy (non-hydrogen) atoms. The molecular formula is C22H34O5. The summed E-state index contributed by atoms with van der Waals surface area (Å²) in [5, 5.41) is 0. The fourth-order valence-corrected chi connectivity index (χ4v) is 3.35. The molecule has 3 unspecified atom stereocenters. The van der Waals surface area contributed by atoms with Crippen LogP contribution in [-0.2, 0) is 20.6 Å². The molecule has 5 nitrogen and oxygen atoms in total. The first-order chi connectivity index (χ1) is 12.8. The van der Waals surface area contributed by atoms with Crippen molar-refractivity contribution >= 4 is 12.1 Å². The number of ether oxygens (including phenoxy) is 3. The molecule has 1 aromatic rings. The summed E-state index contributed by atoms with van der Waals surface area (Å²) in [5.74, 6) is -0.339. The highest BCUT2D eigenvalue weighted by Crippen LogP contribution is 2.25. The van der Waals surface area contributed by atoms with Crippen molar-refractivity contribution in [1.82, 2.24) is 0 Å². The van der Waals surface area contributed by atoms with E-state index in [1.54, 1.807) is 13.8 Å². The number of hydrogen-bond acceptors (Lipinski definition) is 5. The maximum atomic E-state index is 12.5. The summed E-state index contributed by atoms with van der Waals surface area (Å²) in [6.07, 6.45) is 1.77. The summed E-state index contributed by atoms with van der Waals surface area (Å²) in [7, 11) is 0. The highest BCUT2D eigenvalue weighted by molar-refractivity contribution is 5.89. The Balaban J connectivity index is 2.72. The maximum absolute atomic E-state index is 12.5. The summed E-state index contributed by atoms with van der Waals surface area (Å²) < 4.78 is 15.8. The number of unbranched alkanes of at least 4 members (excludes halogenated alkanes) is 1. The van der Waals surface area contributed by atoms with E-state index in [0.717, 1.165) is 19.3 Å². The van der Waals surface area contributed by atoms with Crippen LogP contribution in [0.25, 0.3) is 0 Å². The van der Waals surface area contributed by atoms with Gasteiger partial charge in [-0.25, -0.2) is 9.59 Å². The molecule has 1 aromatic carbocycles. The normalized spacial score (nSPS) is 14.3. The average Bonchev–Trinajstić information content (AvgIpc) is 2.60. The molecule has 0 aliphatic carbocycles. The Kier molecular flexibility index (Phi) is 9.90. The SMILES string of the molecule is CCCCc1ccc(C(=O)OC(C)C(C(C)C)C(C)OC(=O)OCC)cc1. The number of hydrogen-bond donors (Lipinski definition) is 0. The van der Waals surface area contributed by atoms with Gasteiger partial charge < -0.3 is 14.2 Å². The molecule has 0 bridgehead atoms. The lowest BCUT2D eigenvalue weighted by atomic mass is 9.86. The van der Waals surface area contributed by atoms with Gasteiger partial charge in [0.05, 0.1) is 12.2 Å². The van der Waals surface area contributed by atoms with Crippen molar-refractivity contribution in [3.05, 3.63) is 35.4 Å². The van der Waals surface area contributed by atoms with Gasteiger partial charge in [-0.05, 0) is 57.2 Å². The van der Waals surface area contributed by atoms with Crippen LogP contribution in [0.5, 0.6) is 0 Å². The van der Waals surface area contributed by atoms with Gasteiger partial charge in [-0.3, -0.25) is 0 Å². The lowest BCUT2D eigenvalue weighted by molar-refractivity contribution is -0.0434. The molecule has 0 aliphatic heterocycles. The molecule has 0 saturated carbocycles. The summed E-state index contributed by atoms with van der Waals surface area (Å²) in [6, 6.07) is 7.57. The minimum absolute atomic E-state index is 0.137. The highest BCUT2D eigenvalue weighted by Gasteiger charge is 2.32. The van der Waals surface area contributed by atoms with Crippen LogP contribution >= 0.6 is 0 Å². The molecule has 0 radical (unpaired) electrons. The van der Waals surface area contributed by atoms with Gasteiger partial charge in [0, 0.05) is 5.92 Å².